The van der Waals surface area contributed by atoms with Crippen LogP contribution in [0.1, 0.15) is 5.56 Å². The van der Waals surface area contributed by atoms with Gasteiger partial charge in [0.25, 0.3) is 0 Å². The highest BCUT2D eigenvalue weighted by molar-refractivity contribution is 7.98. The SMILES string of the molecule is Nc1ccc(CSc2ccncn2)c2ncccc12. The molecule has 3 aromatic rings. The van der Waals surface area contributed by atoms with E-state index in [0.717, 1.165) is 32.9 Å². The van der Waals surface area contributed by atoms with E-state index < -0.39 is 0 Å². The maximum Gasteiger partial charge on any atom is 0.116 e. The first-order valence-electron chi connectivity index (χ1n) is 5.85. The zero-order chi connectivity index (χ0) is 13.1. The van der Waals surface area contributed by atoms with Gasteiger partial charge in [-0.3, -0.25) is 4.98 Å². The molecular formula is C14H12N4S. The summed E-state index contributed by atoms with van der Waals surface area (Å²) in [6.45, 7) is 0. The van der Waals surface area contributed by atoms with E-state index in [1.807, 2.05) is 30.3 Å². The van der Waals surface area contributed by atoms with Crippen LogP contribution in [-0.2, 0) is 5.75 Å². The van der Waals surface area contributed by atoms with Crippen LogP contribution in [0.25, 0.3) is 10.9 Å². The predicted molar refractivity (Wildman–Crippen MR) is 77.7 cm³/mol. The van der Waals surface area contributed by atoms with Crippen LogP contribution in [0.2, 0.25) is 0 Å². The quantitative estimate of drug-likeness (QED) is 0.449. The number of hydrogen-bond acceptors (Lipinski definition) is 5. The van der Waals surface area contributed by atoms with Gasteiger partial charge in [0.05, 0.1) is 10.5 Å². The number of benzene rings is 1. The molecule has 19 heavy (non-hydrogen) atoms. The largest absolute Gasteiger partial charge is 0.398 e. The van der Waals surface area contributed by atoms with Crippen LogP contribution in [0.5, 0.6) is 0 Å². The van der Waals surface area contributed by atoms with Crippen molar-refractivity contribution < 1.29 is 0 Å². The fourth-order valence-corrected chi connectivity index (χ4v) is 2.70. The lowest BCUT2D eigenvalue weighted by Gasteiger charge is -2.07. The fourth-order valence-electron chi connectivity index (χ4n) is 1.89. The van der Waals surface area contributed by atoms with Crippen LogP contribution in [0.4, 0.5) is 5.69 Å². The number of nitrogens with zero attached hydrogens (tertiary/aromatic N) is 3. The third-order valence-corrected chi connectivity index (χ3v) is 3.81. The van der Waals surface area contributed by atoms with E-state index in [0.29, 0.717) is 0 Å². The minimum Gasteiger partial charge on any atom is -0.398 e. The van der Waals surface area contributed by atoms with Crippen LogP contribution in [0.3, 0.4) is 0 Å². The van der Waals surface area contributed by atoms with E-state index in [-0.39, 0.29) is 0 Å². The molecule has 0 aliphatic carbocycles. The third-order valence-electron chi connectivity index (χ3n) is 2.82. The van der Waals surface area contributed by atoms with Gasteiger partial charge < -0.3 is 5.73 Å². The number of thioether (sulfide) groups is 1. The highest BCUT2D eigenvalue weighted by atomic mass is 32.2. The van der Waals surface area contributed by atoms with Crippen molar-refractivity contribution in [1.29, 1.82) is 0 Å². The average molecular weight is 268 g/mol. The molecule has 0 atom stereocenters. The van der Waals surface area contributed by atoms with Crippen molar-refractivity contribution in [3.05, 3.63) is 54.6 Å². The van der Waals surface area contributed by atoms with Gasteiger partial charge in [-0.1, -0.05) is 6.07 Å². The van der Waals surface area contributed by atoms with Crippen molar-refractivity contribution in [2.75, 3.05) is 5.73 Å². The highest BCUT2D eigenvalue weighted by Gasteiger charge is 2.06. The molecule has 0 radical (unpaired) electrons. The Hall–Kier alpha value is -2.14. The first kappa shape index (κ1) is 11.9. The molecule has 4 nitrogen and oxygen atoms in total. The molecule has 0 bridgehead atoms. The summed E-state index contributed by atoms with van der Waals surface area (Å²) in [5, 5.41) is 1.96. The fraction of sp³-hybridized carbons (Fsp3) is 0.0714. The molecule has 94 valence electrons. The van der Waals surface area contributed by atoms with Gasteiger partial charge in [-0.05, 0) is 29.8 Å². The summed E-state index contributed by atoms with van der Waals surface area (Å²) in [5.41, 5.74) is 8.85. The maximum atomic E-state index is 5.96. The number of fused-ring (bicyclic) bond motifs is 1. The van der Waals surface area contributed by atoms with Crippen LogP contribution < -0.4 is 5.73 Å². The van der Waals surface area contributed by atoms with Gasteiger partial charge in [0, 0.05) is 29.2 Å². The first-order valence-corrected chi connectivity index (χ1v) is 6.84. The number of pyridine rings is 1. The lowest BCUT2D eigenvalue weighted by molar-refractivity contribution is 1.05. The summed E-state index contributed by atoms with van der Waals surface area (Å²) in [7, 11) is 0. The Morgan fingerprint density at radius 1 is 1.05 bits per heavy atom. The van der Waals surface area contributed by atoms with Gasteiger partial charge in [0.1, 0.15) is 6.33 Å². The summed E-state index contributed by atoms with van der Waals surface area (Å²) < 4.78 is 0. The van der Waals surface area contributed by atoms with Gasteiger partial charge in [0.15, 0.2) is 0 Å². The van der Waals surface area contributed by atoms with Crippen molar-refractivity contribution in [1.82, 2.24) is 15.0 Å². The number of anilines is 1. The molecule has 0 spiro atoms. The van der Waals surface area contributed by atoms with Crippen LogP contribution in [0, 0.1) is 0 Å². The molecule has 3 rings (SSSR count). The van der Waals surface area contributed by atoms with Crippen LogP contribution in [0.15, 0.2) is 54.1 Å². The Morgan fingerprint density at radius 3 is 2.84 bits per heavy atom. The topological polar surface area (TPSA) is 64.7 Å². The molecule has 0 aliphatic rings. The number of aromatic nitrogens is 3. The van der Waals surface area contributed by atoms with Crippen molar-refractivity contribution in [3.8, 4) is 0 Å². The average Bonchev–Trinajstić information content (AvgIpc) is 2.48. The summed E-state index contributed by atoms with van der Waals surface area (Å²) in [4.78, 5) is 12.5. The van der Waals surface area contributed by atoms with Crippen molar-refractivity contribution in [2.45, 2.75) is 10.8 Å². The molecular weight excluding hydrogens is 256 g/mol. The number of hydrogen-bond donors (Lipinski definition) is 1. The van der Waals surface area contributed by atoms with Gasteiger partial charge in [-0.15, -0.1) is 11.8 Å². The molecule has 0 amide bonds. The summed E-state index contributed by atoms with van der Waals surface area (Å²) in [5.74, 6) is 0.810. The Labute approximate surface area is 115 Å². The molecule has 0 unspecified atom stereocenters. The van der Waals surface area contributed by atoms with E-state index in [4.69, 9.17) is 5.73 Å². The lowest BCUT2D eigenvalue weighted by Crippen LogP contribution is -1.93. The second kappa shape index (κ2) is 5.24. The van der Waals surface area contributed by atoms with Gasteiger partial charge in [-0.25, -0.2) is 9.97 Å². The Morgan fingerprint density at radius 2 is 2.00 bits per heavy atom. The van der Waals surface area contributed by atoms with Crippen molar-refractivity contribution >= 4 is 28.4 Å². The number of nitrogen functional groups attached to an aromatic ring is 1. The molecule has 0 fully saturated rings. The third kappa shape index (κ3) is 2.51. The molecule has 2 N–H and O–H groups in total. The second-order valence-corrected chi connectivity index (χ2v) is 5.05. The van der Waals surface area contributed by atoms with E-state index in [9.17, 15) is 0 Å². The second-order valence-electron chi connectivity index (χ2n) is 4.05. The summed E-state index contributed by atoms with van der Waals surface area (Å²) >= 11 is 1.66. The highest BCUT2D eigenvalue weighted by Crippen LogP contribution is 2.27. The summed E-state index contributed by atoms with van der Waals surface area (Å²) in [6, 6.07) is 9.76. The smallest absolute Gasteiger partial charge is 0.116 e. The van der Waals surface area contributed by atoms with Crippen LogP contribution >= 0.6 is 11.8 Å². The standard InChI is InChI=1S/C14H12N4S/c15-12-4-3-10(14-11(12)2-1-6-17-14)8-19-13-5-7-16-9-18-13/h1-7,9H,8,15H2. The van der Waals surface area contributed by atoms with E-state index in [2.05, 4.69) is 15.0 Å². The van der Waals surface area contributed by atoms with Crippen molar-refractivity contribution in [2.24, 2.45) is 0 Å². The predicted octanol–water partition coefficient (Wildman–Crippen LogP) is 2.90. The molecule has 5 heteroatoms. The zero-order valence-electron chi connectivity index (χ0n) is 10.2. The first-order chi connectivity index (χ1) is 9.34. The maximum absolute atomic E-state index is 5.96. The molecule has 2 heterocycles. The Bertz CT molecular complexity index is 700. The minimum absolute atomic E-state index is 0.763. The molecule has 2 aromatic heterocycles. The molecule has 0 aliphatic heterocycles. The number of rotatable bonds is 3. The van der Waals surface area contributed by atoms with Crippen molar-refractivity contribution in [3.63, 3.8) is 0 Å². The monoisotopic (exact) mass is 268 g/mol. The van der Waals surface area contributed by atoms with Gasteiger partial charge >= 0.3 is 0 Å². The number of nitrogens with two attached hydrogens (primary N) is 1. The molecule has 0 saturated heterocycles. The van der Waals surface area contributed by atoms with Crippen LogP contribution in [-0.4, -0.2) is 15.0 Å². The van der Waals surface area contributed by atoms with E-state index in [1.54, 1.807) is 30.5 Å². The van der Waals surface area contributed by atoms with Gasteiger partial charge in [-0.2, -0.15) is 0 Å². The minimum atomic E-state index is 0.763. The Balaban J connectivity index is 1.91. The normalized spacial score (nSPS) is 10.7. The van der Waals surface area contributed by atoms with E-state index >= 15 is 0 Å². The van der Waals surface area contributed by atoms with E-state index in [1.165, 1.54) is 0 Å². The molecule has 1 aromatic carbocycles. The van der Waals surface area contributed by atoms with Gasteiger partial charge in [0.2, 0.25) is 0 Å². The Kier molecular flexibility index (Phi) is 3.29. The summed E-state index contributed by atoms with van der Waals surface area (Å²) in [6.07, 6.45) is 5.09. The molecule has 0 saturated carbocycles. The zero-order valence-corrected chi connectivity index (χ0v) is 11.0. The lowest BCUT2D eigenvalue weighted by atomic mass is 10.1.